The normalized spacial score (nSPS) is 21.1. The fraction of sp³-hybridized carbons (Fsp3) is 0.571. The van der Waals surface area contributed by atoms with E-state index in [4.69, 9.17) is 0 Å². The standard InChI is InChI=1S/C21H27FN4O3/c22-16-5-3-15(4-6-16)18(19(27)23-17-7-8-17)24-11-13-26(14-12-24)21(29)20(28)25-9-1-2-10-25/h3-6,17-18H,1-2,7-14H2,(H,23,27). The van der Waals surface area contributed by atoms with Crippen molar-refractivity contribution in [1.29, 1.82) is 0 Å². The Bertz CT molecular complexity index is 767. The summed E-state index contributed by atoms with van der Waals surface area (Å²) in [7, 11) is 0. The van der Waals surface area contributed by atoms with Crippen LogP contribution in [0.15, 0.2) is 24.3 Å². The van der Waals surface area contributed by atoms with Crippen molar-refractivity contribution in [3.8, 4) is 0 Å². The topological polar surface area (TPSA) is 73.0 Å². The van der Waals surface area contributed by atoms with Crippen molar-refractivity contribution in [2.75, 3.05) is 39.3 Å². The lowest BCUT2D eigenvalue weighted by Gasteiger charge is -2.38. The maximum atomic E-state index is 13.4. The van der Waals surface area contributed by atoms with Gasteiger partial charge in [0.15, 0.2) is 0 Å². The van der Waals surface area contributed by atoms with Crippen molar-refractivity contribution in [3.05, 3.63) is 35.6 Å². The molecule has 1 aromatic rings. The predicted octanol–water partition coefficient (Wildman–Crippen LogP) is 0.912. The fourth-order valence-electron chi connectivity index (χ4n) is 4.05. The second-order valence-corrected chi connectivity index (χ2v) is 8.06. The quantitative estimate of drug-likeness (QED) is 0.760. The Morgan fingerprint density at radius 2 is 1.41 bits per heavy atom. The summed E-state index contributed by atoms with van der Waals surface area (Å²) in [4.78, 5) is 43.0. The smallest absolute Gasteiger partial charge is 0.312 e. The molecule has 0 bridgehead atoms. The number of hydrogen-bond donors (Lipinski definition) is 1. The number of rotatable bonds is 4. The Labute approximate surface area is 169 Å². The maximum absolute atomic E-state index is 13.4. The van der Waals surface area contributed by atoms with E-state index in [1.165, 1.54) is 12.1 Å². The van der Waals surface area contributed by atoms with E-state index in [9.17, 15) is 18.8 Å². The first-order valence-electron chi connectivity index (χ1n) is 10.4. The van der Waals surface area contributed by atoms with Crippen LogP contribution in [-0.2, 0) is 14.4 Å². The number of hydrogen-bond acceptors (Lipinski definition) is 4. The highest BCUT2D eigenvalue weighted by Crippen LogP contribution is 2.26. The molecule has 1 aromatic carbocycles. The van der Waals surface area contributed by atoms with Crippen molar-refractivity contribution in [3.63, 3.8) is 0 Å². The van der Waals surface area contributed by atoms with Gasteiger partial charge in [-0.05, 0) is 43.4 Å². The van der Waals surface area contributed by atoms with E-state index >= 15 is 0 Å². The van der Waals surface area contributed by atoms with Crippen LogP contribution >= 0.6 is 0 Å². The molecule has 1 N–H and O–H groups in total. The third-order valence-electron chi connectivity index (χ3n) is 5.90. The number of benzene rings is 1. The summed E-state index contributed by atoms with van der Waals surface area (Å²) in [6.07, 6.45) is 3.87. The van der Waals surface area contributed by atoms with Crippen LogP contribution in [0.3, 0.4) is 0 Å². The average Bonchev–Trinajstić information content (AvgIpc) is 3.37. The Kier molecular flexibility index (Phi) is 5.80. The molecule has 0 aromatic heterocycles. The maximum Gasteiger partial charge on any atom is 0.312 e. The van der Waals surface area contributed by atoms with Crippen LogP contribution in [0, 0.1) is 5.82 Å². The molecular weight excluding hydrogens is 375 g/mol. The zero-order valence-electron chi connectivity index (χ0n) is 16.5. The largest absolute Gasteiger partial charge is 0.352 e. The zero-order chi connectivity index (χ0) is 20.4. The SMILES string of the molecule is O=C(NC1CC1)C(c1ccc(F)cc1)N1CCN(C(=O)C(=O)N2CCCC2)CC1. The number of halogens is 1. The second kappa shape index (κ2) is 8.49. The van der Waals surface area contributed by atoms with Crippen molar-refractivity contribution in [2.24, 2.45) is 0 Å². The third kappa shape index (κ3) is 4.58. The Hall–Kier alpha value is -2.48. The van der Waals surface area contributed by atoms with Crippen molar-refractivity contribution >= 4 is 17.7 Å². The van der Waals surface area contributed by atoms with E-state index in [0.717, 1.165) is 31.2 Å². The van der Waals surface area contributed by atoms with E-state index in [1.54, 1.807) is 21.9 Å². The van der Waals surface area contributed by atoms with Gasteiger partial charge in [-0.2, -0.15) is 0 Å². The van der Waals surface area contributed by atoms with Gasteiger partial charge in [-0.15, -0.1) is 0 Å². The summed E-state index contributed by atoms with van der Waals surface area (Å²) in [6, 6.07) is 5.71. The molecule has 4 rings (SSSR count). The number of carbonyl (C=O) groups excluding carboxylic acids is 3. The molecule has 156 valence electrons. The van der Waals surface area contributed by atoms with Crippen LogP contribution in [0.2, 0.25) is 0 Å². The summed E-state index contributed by atoms with van der Waals surface area (Å²) < 4.78 is 13.4. The number of likely N-dealkylation sites (tertiary alicyclic amines) is 1. The summed E-state index contributed by atoms with van der Waals surface area (Å²) in [5, 5.41) is 3.04. The first-order valence-corrected chi connectivity index (χ1v) is 10.4. The van der Waals surface area contributed by atoms with Gasteiger partial charge in [0.2, 0.25) is 5.91 Å². The van der Waals surface area contributed by atoms with Gasteiger partial charge in [-0.1, -0.05) is 12.1 Å². The first kappa shape index (κ1) is 19.8. The molecule has 2 heterocycles. The molecule has 3 aliphatic rings. The van der Waals surface area contributed by atoms with Gasteiger partial charge >= 0.3 is 11.8 Å². The molecule has 2 aliphatic heterocycles. The Balaban J connectivity index is 1.41. The molecule has 29 heavy (non-hydrogen) atoms. The highest BCUT2D eigenvalue weighted by atomic mass is 19.1. The Morgan fingerprint density at radius 3 is 1.97 bits per heavy atom. The number of nitrogens with zero attached hydrogens (tertiary/aromatic N) is 3. The van der Waals surface area contributed by atoms with Gasteiger partial charge in [-0.25, -0.2) is 4.39 Å². The molecule has 7 nitrogen and oxygen atoms in total. The average molecular weight is 402 g/mol. The molecule has 1 saturated carbocycles. The summed E-state index contributed by atoms with van der Waals surface area (Å²) in [5.41, 5.74) is 0.734. The summed E-state index contributed by atoms with van der Waals surface area (Å²) in [6.45, 7) is 3.06. The van der Waals surface area contributed by atoms with Crippen molar-refractivity contribution < 1.29 is 18.8 Å². The van der Waals surface area contributed by atoms with Crippen molar-refractivity contribution in [2.45, 2.75) is 37.8 Å². The first-order chi connectivity index (χ1) is 14.0. The van der Waals surface area contributed by atoms with Gasteiger partial charge in [-0.3, -0.25) is 19.3 Å². The number of nitrogens with one attached hydrogen (secondary N) is 1. The Morgan fingerprint density at radius 1 is 0.862 bits per heavy atom. The van der Waals surface area contributed by atoms with Gasteiger partial charge < -0.3 is 15.1 Å². The van der Waals surface area contributed by atoms with Crippen LogP contribution < -0.4 is 5.32 Å². The number of piperazine rings is 1. The summed E-state index contributed by atoms with van der Waals surface area (Å²) >= 11 is 0. The molecule has 3 fully saturated rings. The molecule has 0 spiro atoms. The molecule has 8 heteroatoms. The van der Waals surface area contributed by atoms with Crippen LogP contribution in [0.5, 0.6) is 0 Å². The highest BCUT2D eigenvalue weighted by molar-refractivity contribution is 6.35. The minimum atomic E-state index is -0.525. The van der Waals surface area contributed by atoms with Gasteiger partial charge in [0.05, 0.1) is 0 Å². The van der Waals surface area contributed by atoms with Crippen molar-refractivity contribution in [1.82, 2.24) is 20.0 Å². The molecule has 1 aliphatic carbocycles. The van der Waals surface area contributed by atoms with Gasteiger partial charge in [0, 0.05) is 45.3 Å². The molecule has 3 amide bonds. The molecular formula is C21H27FN4O3. The molecule has 0 radical (unpaired) electrons. The van der Waals surface area contributed by atoms with Crippen LogP contribution in [0.4, 0.5) is 4.39 Å². The minimum Gasteiger partial charge on any atom is -0.352 e. The lowest BCUT2D eigenvalue weighted by Crippen LogP contribution is -2.55. The van der Waals surface area contributed by atoms with E-state index in [2.05, 4.69) is 5.32 Å². The van der Waals surface area contributed by atoms with Gasteiger partial charge in [0.1, 0.15) is 11.9 Å². The third-order valence-corrected chi connectivity index (χ3v) is 5.90. The number of amides is 3. The lowest BCUT2D eigenvalue weighted by atomic mass is 10.0. The molecule has 1 atom stereocenters. The van der Waals surface area contributed by atoms with E-state index in [-0.39, 0.29) is 17.8 Å². The predicted molar refractivity (Wildman–Crippen MR) is 104 cm³/mol. The van der Waals surface area contributed by atoms with Crippen LogP contribution in [0.25, 0.3) is 0 Å². The lowest BCUT2D eigenvalue weighted by molar-refractivity contribution is -0.152. The molecule has 2 saturated heterocycles. The fourth-order valence-corrected chi connectivity index (χ4v) is 4.05. The van der Waals surface area contributed by atoms with Crippen LogP contribution in [0.1, 0.15) is 37.3 Å². The zero-order valence-corrected chi connectivity index (χ0v) is 16.5. The van der Waals surface area contributed by atoms with Crippen LogP contribution in [-0.4, -0.2) is 77.7 Å². The summed E-state index contributed by atoms with van der Waals surface area (Å²) in [5.74, 6) is -1.30. The monoisotopic (exact) mass is 402 g/mol. The minimum absolute atomic E-state index is 0.0907. The number of carbonyl (C=O) groups is 3. The van der Waals surface area contributed by atoms with E-state index < -0.39 is 17.9 Å². The highest BCUT2D eigenvalue weighted by Gasteiger charge is 2.36. The van der Waals surface area contributed by atoms with Gasteiger partial charge in [0.25, 0.3) is 0 Å². The van der Waals surface area contributed by atoms with E-state index in [1.807, 2.05) is 4.90 Å². The molecule has 1 unspecified atom stereocenters. The van der Waals surface area contributed by atoms with E-state index in [0.29, 0.717) is 39.3 Å². The second-order valence-electron chi connectivity index (χ2n) is 8.06.